The predicted molar refractivity (Wildman–Crippen MR) is 105 cm³/mol. The molecule has 2 N–H and O–H groups in total. The smallest absolute Gasteiger partial charge is 0.253 e. The lowest BCUT2D eigenvalue weighted by Gasteiger charge is -2.33. The number of benzene rings is 1. The fourth-order valence-corrected chi connectivity index (χ4v) is 3.92. The van der Waals surface area contributed by atoms with E-state index in [0.29, 0.717) is 0 Å². The first-order valence-corrected chi connectivity index (χ1v) is 10.1. The van der Waals surface area contributed by atoms with Gasteiger partial charge in [0.15, 0.2) is 0 Å². The molecule has 2 aliphatic rings. The van der Waals surface area contributed by atoms with Crippen LogP contribution >= 0.6 is 0 Å². The van der Waals surface area contributed by atoms with Crippen molar-refractivity contribution in [3.63, 3.8) is 0 Å². The fraction of sp³-hybridized carbons (Fsp3) is 0.667. The van der Waals surface area contributed by atoms with Gasteiger partial charge in [-0.05, 0) is 44.7 Å². The number of aliphatic hydroxyl groups is 1. The molecular weight excluding hydrogens is 328 g/mol. The molecule has 144 valence electrons. The Labute approximate surface area is 156 Å². The molecule has 1 saturated heterocycles. The van der Waals surface area contributed by atoms with Crippen LogP contribution in [0.3, 0.4) is 0 Å². The van der Waals surface area contributed by atoms with Crippen molar-refractivity contribution in [3.8, 4) is 0 Å². The van der Waals surface area contributed by atoms with Gasteiger partial charge in [0.25, 0.3) is 5.91 Å². The van der Waals surface area contributed by atoms with E-state index in [1.807, 2.05) is 31.2 Å². The molecule has 1 saturated carbocycles. The highest BCUT2D eigenvalue weighted by molar-refractivity contribution is 5.97. The summed E-state index contributed by atoms with van der Waals surface area (Å²) in [6.07, 6.45) is 8.15. The van der Waals surface area contributed by atoms with Crippen LogP contribution in [0.15, 0.2) is 24.3 Å². The Balaban J connectivity index is 1.60. The quantitative estimate of drug-likeness (QED) is 0.786. The summed E-state index contributed by atoms with van der Waals surface area (Å²) in [5, 5.41) is 12.8. The van der Waals surface area contributed by atoms with Crippen molar-refractivity contribution in [2.75, 3.05) is 23.3 Å². The van der Waals surface area contributed by atoms with Gasteiger partial charge < -0.3 is 20.1 Å². The Bertz CT molecular complexity index is 576. The maximum Gasteiger partial charge on any atom is 0.253 e. The molecule has 0 aromatic heterocycles. The highest BCUT2D eigenvalue weighted by atomic mass is 16.5. The largest absolute Gasteiger partial charge is 0.393 e. The fourth-order valence-electron chi connectivity index (χ4n) is 3.92. The Kier molecular flexibility index (Phi) is 6.92. The number of para-hydroxylation sites is 2. The molecular formula is C21H32N2O3. The monoisotopic (exact) mass is 360 g/mol. The van der Waals surface area contributed by atoms with Crippen LogP contribution in [-0.2, 0) is 9.53 Å². The zero-order valence-electron chi connectivity index (χ0n) is 15.8. The van der Waals surface area contributed by atoms with E-state index in [4.69, 9.17) is 4.74 Å². The Hall–Kier alpha value is -1.59. The van der Waals surface area contributed by atoms with E-state index in [2.05, 4.69) is 10.2 Å². The first kappa shape index (κ1) is 19.2. The van der Waals surface area contributed by atoms with Gasteiger partial charge >= 0.3 is 0 Å². The summed E-state index contributed by atoms with van der Waals surface area (Å²) < 4.78 is 6.05. The average molecular weight is 360 g/mol. The lowest BCUT2D eigenvalue weighted by atomic mass is 10.1. The molecule has 1 atom stereocenters. The lowest BCUT2D eigenvalue weighted by molar-refractivity contribution is -0.130. The summed E-state index contributed by atoms with van der Waals surface area (Å²) in [6, 6.07) is 7.90. The van der Waals surface area contributed by atoms with E-state index in [0.717, 1.165) is 50.1 Å². The van der Waals surface area contributed by atoms with Crippen LogP contribution in [0.1, 0.15) is 58.3 Å². The number of hydrogen-bond acceptors (Lipinski definition) is 4. The number of nitrogens with zero attached hydrogens (tertiary/aromatic N) is 1. The molecule has 0 spiro atoms. The Morgan fingerprint density at radius 3 is 2.46 bits per heavy atom. The van der Waals surface area contributed by atoms with Crippen LogP contribution in [0, 0.1) is 0 Å². The molecule has 2 fully saturated rings. The van der Waals surface area contributed by atoms with E-state index in [1.54, 1.807) is 0 Å². The zero-order valence-corrected chi connectivity index (χ0v) is 15.8. The van der Waals surface area contributed by atoms with Gasteiger partial charge in [-0.3, -0.25) is 4.79 Å². The Morgan fingerprint density at radius 1 is 1.12 bits per heavy atom. The number of carbonyl (C=O) groups is 1. The van der Waals surface area contributed by atoms with Gasteiger partial charge in [0, 0.05) is 13.1 Å². The number of carbonyl (C=O) groups excluding carboxylic acids is 1. The van der Waals surface area contributed by atoms with Crippen LogP contribution in [0.4, 0.5) is 11.4 Å². The zero-order chi connectivity index (χ0) is 18.4. The number of nitrogens with one attached hydrogen (secondary N) is 1. The summed E-state index contributed by atoms with van der Waals surface area (Å²) in [5.74, 6) is -0.0845. The van der Waals surface area contributed by atoms with Crippen LogP contribution in [0.2, 0.25) is 0 Å². The van der Waals surface area contributed by atoms with E-state index < -0.39 is 6.10 Å². The molecule has 5 nitrogen and oxygen atoms in total. The van der Waals surface area contributed by atoms with Crippen molar-refractivity contribution in [1.29, 1.82) is 0 Å². The van der Waals surface area contributed by atoms with Crippen LogP contribution in [-0.4, -0.2) is 42.4 Å². The van der Waals surface area contributed by atoms with Crippen LogP contribution in [0.25, 0.3) is 0 Å². The molecule has 1 aliphatic heterocycles. The number of anilines is 2. The number of hydrogen-bond donors (Lipinski definition) is 2. The molecule has 1 aliphatic carbocycles. The summed E-state index contributed by atoms with van der Waals surface area (Å²) in [5.41, 5.74) is 1.85. The third kappa shape index (κ3) is 5.21. The molecule has 3 rings (SSSR count). The third-order valence-electron chi connectivity index (χ3n) is 5.54. The minimum Gasteiger partial charge on any atom is -0.393 e. The van der Waals surface area contributed by atoms with Crippen molar-refractivity contribution in [2.24, 2.45) is 0 Å². The second-order valence-corrected chi connectivity index (χ2v) is 7.62. The molecule has 1 heterocycles. The van der Waals surface area contributed by atoms with Crippen molar-refractivity contribution >= 4 is 17.3 Å². The lowest BCUT2D eigenvalue weighted by Crippen LogP contribution is -2.37. The first-order chi connectivity index (χ1) is 12.6. The van der Waals surface area contributed by atoms with Crippen molar-refractivity contribution in [2.45, 2.75) is 76.6 Å². The topological polar surface area (TPSA) is 61.8 Å². The summed E-state index contributed by atoms with van der Waals surface area (Å²) in [4.78, 5) is 14.9. The molecule has 0 radical (unpaired) electrons. The van der Waals surface area contributed by atoms with Gasteiger partial charge in [-0.2, -0.15) is 0 Å². The highest BCUT2D eigenvalue weighted by Gasteiger charge is 2.23. The molecule has 0 unspecified atom stereocenters. The number of aliphatic hydroxyl groups excluding tert-OH is 1. The molecule has 26 heavy (non-hydrogen) atoms. The molecule has 1 amide bonds. The molecule has 5 heteroatoms. The van der Waals surface area contributed by atoms with Crippen LogP contribution < -0.4 is 10.2 Å². The number of piperidine rings is 1. The normalized spacial score (nSPS) is 21.2. The summed E-state index contributed by atoms with van der Waals surface area (Å²) in [7, 11) is 0. The molecule has 0 bridgehead atoms. The summed E-state index contributed by atoms with van der Waals surface area (Å²) in [6.45, 7) is 3.46. The predicted octanol–water partition coefficient (Wildman–Crippen LogP) is 3.71. The molecule has 1 aromatic carbocycles. The van der Waals surface area contributed by atoms with E-state index in [1.165, 1.54) is 25.7 Å². The molecule has 1 aromatic rings. The second kappa shape index (κ2) is 9.38. The highest BCUT2D eigenvalue weighted by Crippen LogP contribution is 2.29. The van der Waals surface area contributed by atoms with E-state index >= 15 is 0 Å². The van der Waals surface area contributed by atoms with Crippen molar-refractivity contribution in [1.82, 2.24) is 0 Å². The van der Waals surface area contributed by atoms with Gasteiger partial charge in [-0.25, -0.2) is 0 Å². The van der Waals surface area contributed by atoms with Crippen molar-refractivity contribution < 1.29 is 14.6 Å². The number of ether oxygens (including phenoxy) is 1. The Morgan fingerprint density at radius 2 is 1.77 bits per heavy atom. The summed E-state index contributed by atoms with van der Waals surface area (Å²) >= 11 is 0. The standard InChI is InChI=1S/C21H32N2O3/c1-16(26-18-8-4-2-3-5-9-18)21(25)22-19-10-6-7-11-20(19)23-14-12-17(24)13-15-23/h6-7,10-11,16-18,24H,2-5,8-9,12-15H2,1H3,(H,22,25)/t16-/m1/s1. The van der Waals surface area contributed by atoms with E-state index in [-0.39, 0.29) is 18.1 Å². The number of amides is 1. The average Bonchev–Trinajstić information content (AvgIpc) is 2.91. The minimum atomic E-state index is -0.450. The van der Waals surface area contributed by atoms with E-state index in [9.17, 15) is 9.90 Å². The third-order valence-corrected chi connectivity index (χ3v) is 5.54. The van der Waals surface area contributed by atoms with Gasteiger partial charge in [0.2, 0.25) is 0 Å². The maximum absolute atomic E-state index is 12.7. The van der Waals surface area contributed by atoms with Gasteiger partial charge in [0.1, 0.15) is 6.10 Å². The number of rotatable bonds is 5. The van der Waals surface area contributed by atoms with Gasteiger partial charge in [-0.15, -0.1) is 0 Å². The first-order valence-electron chi connectivity index (χ1n) is 10.1. The second-order valence-electron chi connectivity index (χ2n) is 7.62. The van der Waals surface area contributed by atoms with Crippen molar-refractivity contribution in [3.05, 3.63) is 24.3 Å². The maximum atomic E-state index is 12.7. The SMILES string of the molecule is C[C@@H](OC1CCCCCC1)C(=O)Nc1ccccc1N1CCC(O)CC1. The minimum absolute atomic E-state index is 0.0845. The van der Waals surface area contributed by atoms with Crippen LogP contribution in [0.5, 0.6) is 0 Å². The van der Waals surface area contributed by atoms with Gasteiger partial charge in [-0.1, -0.05) is 37.8 Å². The van der Waals surface area contributed by atoms with Gasteiger partial charge in [0.05, 0.1) is 23.6 Å².